The van der Waals surface area contributed by atoms with Gasteiger partial charge >= 0.3 is 5.69 Å². The highest BCUT2D eigenvalue weighted by Crippen LogP contribution is 2.53. The third-order valence-electron chi connectivity index (χ3n) is 5.70. The Morgan fingerprint density at radius 2 is 1.78 bits per heavy atom. The number of nitro groups is 1. The van der Waals surface area contributed by atoms with Crippen LogP contribution < -0.4 is 0 Å². The minimum atomic E-state index is -0.580. The molecular formula is C23H19ClN4O4. The van der Waals surface area contributed by atoms with Crippen LogP contribution in [-0.4, -0.2) is 21.0 Å². The number of allylic oxidation sites excluding steroid dienone is 1. The highest BCUT2D eigenvalue weighted by molar-refractivity contribution is 6.30. The molecule has 0 amide bonds. The minimum absolute atomic E-state index is 0.141. The Hall–Kier alpha value is -3.65. The first kappa shape index (κ1) is 20.3. The van der Waals surface area contributed by atoms with Crippen LogP contribution in [0, 0.1) is 17.0 Å². The number of halogens is 1. The predicted octanol–water partition coefficient (Wildman–Crippen LogP) is 5.67. The van der Waals surface area contributed by atoms with Crippen LogP contribution in [0.1, 0.15) is 47.5 Å². The van der Waals surface area contributed by atoms with Gasteiger partial charge in [-0.05, 0) is 37.1 Å². The molecule has 8 nitrogen and oxygen atoms in total. The van der Waals surface area contributed by atoms with E-state index in [2.05, 4.69) is 5.16 Å². The van der Waals surface area contributed by atoms with Crippen LogP contribution in [0.15, 0.2) is 75.9 Å². The smallest absolute Gasteiger partial charge is 0.334 e. The Balaban J connectivity index is 1.77. The van der Waals surface area contributed by atoms with Crippen molar-refractivity contribution in [3.63, 3.8) is 0 Å². The Morgan fingerprint density at radius 1 is 1.06 bits per heavy atom. The Bertz CT molecular complexity index is 1240. The number of amidine groups is 1. The van der Waals surface area contributed by atoms with E-state index in [1.165, 1.54) is 0 Å². The molecule has 2 aromatic carbocycles. The molecule has 9 heteroatoms. The number of rotatable bonds is 4. The monoisotopic (exact) mass is 450 g/mol. The first-order valence-corrected chi connectivity index (χ1v) is 10.5. The fraction of sp³-hybridized carbons (Fsp3) is 0.217. The molecule has 0 bridgehead atoms. The van der Waals surface area contributed by atoms with Crippen molar-refractivity contribution in [2.75, 3.05) is 0 Å². The molecule has 5 rings (SSSR count). The molecular weight excluding hydrogens is 432 g/mol. The van der Waals surface area contributed by atoms with Gasteiger partial charge < -0.3 is 9.36 Å². The summed E-state index contributed by atoms with van der Waals surface area (Å²) >= 11 is 6.14. The summed E-state index contributed by atoms with van der Waals surface area (Å²) in [4.78, 5) is 22.4. The SMILES string of the molecule is CC1=CC2=N[C@@H](c3ccccc3)[C@@H](c3onc(C)c3[N+](=O)[O-])[C@H](c3ccc(Cl)cc3)N2O1. The first-order valence-electron chi connectivity index (χ1n) is 10.1. The van der Waals surface area contributed by atoms with E-state index < -0.39 is 22.9 Å². The molecule has 0 fully saturated rings. The zero-order chi connectivity index (χ0) is 22.4. The molecule has 1 aromatic heterocycles. The van der Waals surface area contributed by atoms with Crippen LogP contribution >= 0.6 is 11.6 Å². The van der Waals surface area contributed by atoms with E-state index in [9.17, 15) is 10.1 Å². The fourth-order valence-corrected chi connectivity index (χ4v) is 4.48. The van der Waals surface area contributed by atoms with Gasteiger partial charge in [0.15, 0.2) is 11.5 Å². The number of fused-ring (bicyclic) bond motifs is 1. The summed E-state index contributed by atoms with van der Waals surface area (Å²) in [7, 11) is 0. The van der Waals surface area contributed by atoms with Gasteiger partial charge in [0, 0.05) is 11.1 Å². The molecule has 3 heterocycles. The van der Waals surface area contributed by atoms with E-state index in [0.717, 1.165) is 11.1 Å². The van der Waals surface area contributed by atoms with E-state index in [4.69, 9.17) is 26.0 Å². The summed E-state index contributed by atoms with van der Waals surface area (Å²) in [5, 5.41) is 18.2. The molecule has 32 heavy (non-hydrogen) atoms. The second-order valence-electron chi connectivity index (χ2n) is 7.78. The van der Waals surface area contributed by atoms with E-state index in [1.54, 1.807) is 24.1 Å². The quantitative estimate of drug-likeness (QED) is 0.375. The second kappa shape index (κ2) is 7.80. The van der Waals surface area contributed by atoms with Gasteiger partial charge in [-0.2, -0.15) is 5.06 Å². The number of hydrogen-bond donors (Lipinski definition) is 0. The lowest BCUT2D eigenvalue weighted by Crippen LogP contribution is -2.40. The number of aromatic nitrogens is 1. The van der Waals surface area contributed by atoms with Gasteiger partial charge in [-0.15, -0.1) is 0 Å². The standard InChI is InChI=1S/C23H19ClN4O4/c1-13-12-18-25-20(15-6-4-3-5-7-15)19(23-21(28(29)30)14(2)26-31-23)22(27(18)32-13)16-8-10-17(24)11-9-16/h3-12,19-20,22H,1-2H3/t19-,20+,22+/m1/s1. The maximum atomic E-state index is 12.0. The summed E-state index contributed by atoms with van der Waals surface area (Å²) in [6.45, 7) is 3.41. The fourth-order valence-electron chi connectivity index (χ4n) is 4.35. The summed E-state index contributed by atoms with van der Waals surface area (Å²) < 4.78 is 5.61. The number of aliphatic imine (C=N–C) groups is 1. The highest BCUT2D eigenvalue weighted by atomic mass is 35.5. The molecule has 0 spiro atoms. The number of benzene rings is 2. The molecule has 0 unspecified atom stereocenters. The first-order chi connectivity index (χ1) is 15.4. The van der Waals surface area contributed by atoms with Crippen molar-refractivity contribution in [2.24, 2.45) is 4.99 Å². The molecule has 0 saturated heterocycles. The summed E-state index contributed by atoms with van der Waals surface area (Å²) in [5.74, 6) is 0.908. The molecule has 0 aliphatic carbocycles. The number of hydrogen-bond acceptors (Lipinski definition) is 7. The van der Waals surface area contributed by atoms with Crippen molar-refractivity contribution in [3.05, 3.63) is 104 Å². The van der Waals surface area contributed by atoms with Crippen molar-refractivity contribution in [1.29, 1.82) is 0 Å². The van der Waals surface area contributed by atoms with Gasteiger partial charge in [-0.25, -0.2) is 0 Å². The van der Waals surface area contributed by atoms with Gasteiger partial charge in [-0.3, -0.25) is 15.1 Å². The van der Waals surface area contributed by atoms with Gasteiger partial charge in [0.2, 0.25) is 5.76 Å². The van der Waals surface area contributed by atoms with E-state index in [-0.39, 0.29) is 17.1 Å². The van der Waals surface area contributed by atoms with Crippen molar-refractivity contribution in [2.45, 2.75) is 31.8 Å². The molecule has 2 aliphatic rings. The highest BCUT2D eigenvalue weighted by Gasteiger charge is 2.49. The predicted molar refractivity (Wildman–Crippen MR) is 118 cm³/mol. The number of nitrogens with zero attached hydrogens (tertiary/aromatic N) is 4. The van der Waals surface area contributed by atoms with Gasteiger partial charge in [0.1, 0.15) is 11.8 Å². The van der Waals surface area contributed by atoms with Crippen molar-refractivity contribution in [3.8, 4) is 0 Å². The lowest BCUT2D eigenvalue weighted by molar-refractivity contribution is -0.387. The molecule has 3 aromatic rings. The van der Waals surface area contributed by atoms with E-state index in [0.29, 0.717) is 16.6 Å². The topological polar surface area (TPSA) is 94.0 Å². The number of hydroxylamine groups is 2. The summed E-state index contributed by atoms with van der Waals surface area (Å²) in [5.41, 5.74) is 1.85. The molecule has 0 N–H and O–H groups in total. The second-order valence-corrected chi connectivity index (χ2v) is 8.21. The maximum absolute atomic E-state index is 12.0. The Morgan fingerprint density at radius 3 is 2.47 bits per heavy atom. The normalized spacial score (nSPS) is 22.1. The van der Waals surface area contributed by atoms with Crippen LogP contribution in [0.3, 0.4) is 0 Å². The summed E-state index contributed by atoms with van der Waals surface area (Å²) in [6.07, 6.45) is 1.86. The minimum Gasteiger partial charge on any atom is -0.382 e. The van der Waals surface area contributed by atoms with E-state index >= 15 is 0 Å². The van der Waals surface area contributed by atoms with Crippen molar-refractivity contribution in [1.82, 2.24) is 10.2 Å². The lowest BCUT2D eigenvalue weighted by Gasteiger charge is -2.40. The van der Waals surface area contributed by atoms with E-state index in [1.807, 2.05) is 55.5 Å². The Labute approximate surface area is 188 Å². The number of aryl methyl sites for hydroxylation is 1. The van der Waals surface area contributed by atoms with Crippen LogP contribution in [-0.2, 0) is 4.84 Å². The largest absolute Gasteiger partial charge is 0.382 e. The van der Waals surface area contributed by atoms with Gasteiger partial charge in [-0.1, -0.05) is 59.2 Å². The molecule has 3 atom stereocenters. The summed E-state index contributed by atoms with van der Waals surface area (Å²) in [6, 6.07) is 16.1. The van der Waals surface area contributed by atoms with Gasteiger partial charge in [0.25, 0.3) is 0 Å². The average Bonchev–Trinajstić information content (AvgIpc) is 3.35. The molecule has 0 radical (unpaired) electrons. The lowest BCUT2D eigenvalue weighted by atomic mass is 9.80. The van der Waals surface area contributed by atoms with Crippen LogP contribution in [0.2, 0.25) is 5.02 Å². The third-order valence-corrected chi connectivity index (χ3v) is 5.95. The van der Waals surface area contributed by atoms with Crippen LogP contribution in [0.4, 0.5) is 5.69 Å². The zero-order valence-electron chi connectivity index (χ0n) is 17.3. The zero-order valence-corrected chi connectivity index (χ0v) is 18.1. The molecule has 0 saturated carbocycles. The molecule has 2 aliphatic heterocycles. The Kier molecular flexibility index (Phi) is 4.94. The third kappa shape index (κ3) is 3.33. The van der Waals surface area contributed by atoms with Crippen molar-refractivity contribution < 1.29 is 14.3 Å². The molecule has 162 valence electrons. The van der Waals surface area contributed by atoms with Gasteiger partial charge in [0.05, 0.1) is 16.9 Å². The maximum Gasteiger partial charge on any atom is 0.334 e. The van der Waals surface area contributed by atoms with Crippen molar-refractivity contribution >= 4 is 23.1 Å². The van der Waals surface area contributed by atoms with Crippen LogP contribution in [0.5, 0.6) is 0 Å². The van der Waals surface area contributed by atoms with Crippen LogP contribution in [0.25, 0.3) is 0 Å². The average molecular weight is 451 g/mol.